The van der Waals surface area contributed by atoms with Gasteiger partial charge in [0.15, 0.2) is 0 Å². The number of non-ortho nitro benzene ring substituents is 1. The molecule has 126 valence electrons. The first-order valence-electron chi connectivity index (χ1n) is 7.01. The first-order chi connectivity index (χ1) is 11.8. The molecular weight excluding hydrogens is 441 g/mol. The number of nitrogens with one attached hydrogen (secondary N) is 1. The highest BCUT2D eigenvalue weighted by molar-refractivity contribution is 14.1. The fourth-order valence-electron chi connectivity index (χ4n) is 2.44. The topological polar surface area (TPSA) is 110 Å². The van der Waals surface area contributed by atoms with Crippen LogP contribution < -0.4 is 5.32 Å². The van der Waals surface area contributed by atoms with Gasteiger partial charge in [-0.1, -0.05) is 0 Å². The Morgan fingerprint density at radius 2 is 1.80 bits per heavy atom. The molecule has 1 aliphatic rings. The van der Waals surface area contributed by atoms with Crippen molar-refractivity contribution >= 4 is 51.7 Å². The molecule has 1 aliphatic heterocycles. The molecule has 2 aromatic rings. The predicted molar refractivity (Wildman–Crippen MR) is 96.6 cm³/mol. The lowest BCUT2D eigenvalue weighted by Crippen LogP contribution is -2.24. The lowest BCUT2D eigenvalue weighted by molar-refractivity contribution is -0.384. The summed E-state index contributed by atoms with van der Waals surface area (Å²) in [4.78, 5) is 47.6. The molecule has 0 bridgehead atoms. The lowest BCUT2D eigenvalue weighted by Gasteiger charge is -2.08. The Kier molecular flexibility index (Phi) is 4.25. The standard InChI is InChI=1S/C16H10IN3O5/c1-19-15(22)10-4-2-8(6-11(10)16(19)23)18-14(21)12-7-9(20(24)25)3-5-13(12)17/h2-7H,1H3,(H,18,21). The van der Waals surface area contributed by atoms with Gasteiger partial charge in [-0.05, 0) is 46.9 Å². The highest BCUT2D eigenvalue weighted by atomic mass is 127. The number of carbonyl (C=O) groups excluding carboxylic acids is 3. The molecule has 0 saturated carbocycles. The Balaban J connectivity index is 1.91. The molecule has 0 unspecified atom stereocenters. The van der Waals surface area contributed by atoms with E-state index in [0.29, 0.717) is 9.26 Å². The second-order valence-electron chi connectivity index (χ2n) is 5.31. The maximum absolute atomic E-state index is 12.4. The Hall–Kier alpha value is -2.82. The molecule has 3 amide bonds. The molecule has 0 aliphatic carbocycles. The quantitative estimate of drug-likeness (QED) is 0.334. The summed E-state index contributed by atoms with van der Waals surface area (Å²) in [6, 6.07) is 8.37. The first-order valence-corrected chi connectivity index (χ1v) is 8.09. The molecule has 2 aromatic carbocycles. The van der Waals surface area contributed by atoms with E-state index in [1.165, 1.54) is 43.4 Å². The van der Waals surface area contributed by atoms with Gasteiger partial charge in [-0.25, -0.2) is 0 Å². The minimum absolute atomic E-state index is 0.148. The molecular formula is C16H10IN3O5. The average molecular weight is 451 g/mol. The highest BCUT2D eigenvalue weighted by Gasteiger charge is 2.32. The molecule has 9 heteroatoms. The monoisotopic (exact) mass is 451 g/mol. The zero-order valence-corrected chi connectivity index (χ0v) is 14.9. The molecule has 0 aromatic heterocycles. The van der Waals surface area contributed by atoms with E-state index in [-0.39, 0.29) is 22.4 Å². The van der Waals surface area contributed by atoms with Crippen molar-refractivity contribution in [1.29, 1.82) is 0 Å². The zero-order chi connectivity index (χ0) is 18.3. The van der Waals surface area contributed by atoms with Crippen molar-refractivity contribution in [2.45, 2.75) is 0 Å². The van der Waals surface area contributed by atoms with Crippen LogP contribution in [0.15, 0.2) is 36.4 Å². The van der Waals surface area contributed by atoms with Crippen LogP contribution in [-0.4, -0.2) is 34.6 Å². The normalized spacial score (nSPS) is 13.0. The number of nitro groups is 1. The summed E-state index contributed by atoms with van der Waals surface area (Å²) in [6.07, 6.45) is 0. The maximum atomic E-state index is 12.4. The van der Waals surface area contributed by atoms with Gasteiger partial charge in [-0.15, -0.1) is 0 Å². The molecule has 0 radical (unpaired) electrons. The minimum atomic E-state index is -0.581. The highest BCUT2D eigenvalue weighted by Crippen LogP contribution is 2.26. The molecule has 3 rings (SSSR count). The molecule has 1 N–H and O–H groups in total. The number of nitro benzene ring substituents is 1. The number of nitrogens with zero attached hydrogens (tertiary/aromatic N) is 2. The minimum Gasteiger partial charge on any atom is -0.322 e. The Morgan fingerprint density at radius 3 is 2.48 bits per heavy atom. The summed E-state index contributed by atoms with van der Waals surface area (Å²) in [6.45, 7) is 0. The van der Waals surface area contributed by atoms with Crippen LogP contribution in [0, 0.1) is 13.7 Å². The number of hydrogen-bond acceptors (Lipinski definition) is 5. The summed E-state index contributed by atoms with van der Waals surface area (Å²) >= 11 is 1.91. The smallest absolute Gasteiger partial charge is 0.270 e. The maximum Gasteiger partial charge on any atom is 0.270 e. The van der Waals surface area contributed by atoms with Crippen molar-refractivity contribution in [3.05, 3.63) is 66.8 Å². The summed E-state index contributed by atoms with van der Waals surface area (Å²) in [7, 11) is 1.38. The van der Waals surface area contributed by atoms with Crippen molar-refractivity contribution in [1.82, 2.24) is 4.90 Å². The summed E-state index contributed by atoms with van der Waals surface area (Å²) in [5.41, 5.74) is 0.758. The van der Waals surface area contributed by atoms with Crippen LogP contribution >= 0.6 is 22.6 Å². The Labute approximate surface area is 155 Å². The van der Waals surface area contributed by atoms with Crippen molar-refractivity contribution in [3.8, 4) is 0 Å². The Morgan fingerprint density at radius 1 is 1.12 bits per heavy atom. The summed E-state index contributed by atoms with van der Waals surface area (Å²) in [5.74, 6) is -1.38. The van der Waals surface area contributed by atoms with E-state index >= 15 is 0 Å². The van der Waals surface area contributed by atoms with Gasteiger partial charge < -0.3 is 5.32 Å². The average Bonchev–Trinajstić information content (AvgIpc) is 2.79. The van der Waals surface area contributed by atoms with Gasteiger partial charge in [0.1, 0.15) is 0 Å². The summed E-state index contributed by atoms with van der Waals surface area (Å²) < 4.78 is 0.549. The van der Waals surface area contributed by atoms with E-state index in [1.807, 2.05) is 22.6 Å². The van der Waals surface area contributed by atoms with Crippen molar-refractivity contribution < 1.29 is 19.3 Å². The third-order valence-corrected chi connectivity index (χ3v) is 4.69. The molecule has 0 atom stereocenters. The van der Waals surface area contributed by atoms with Gasteiger partial charge in [0.05, 0.1) is 21.6 Å². The molecule has 0 spiro atoms. The number of imide groups is 1. The van der Waals surface area contributed by atoms with Gasteiger partial charge in [0.2, 0.25) is 0 Å². The molecule has 0 saturated heterocycles. The number of rotatable bonds is 3. The van der Waals surface area contributed by atoms with Crippen molar-refractivity contribution in [2.75, 3.05) is 12.4 Å². The first kappa shape index (κ1) is 17.0. The third-order valence-electron chi connectivity index (χ3n) is 3.75. The van der Waals surface area contributed by atoms with Crippen LogP contribution in [0.4, 0.5) is 11.4 Å². The van der Waals surface area contributed by atoms with Crippen LogP contribution in [0.2, 0.25) is 0 Å². The number of benzene rings is 2. The van der Waals surface area contributed by atoms with E-state index in [0.717, 1.165) is 4.90 Å². The number of anilines is 1. The largest absolute Gasteiger partial charge is 0.322 e. The Bertz CT molecular complexity index is 957. The molecule has 0 fully saturated rings. The van der Waals surface area contributed by atoms with Gasteiger partial charge in [-0.3, -0.25) is 29.4 Å². The number of carbonyl (C=O) groups is 3. The van der Waals surface area contributed by atoms with Crippen LogP contribution in [0.25, 0.3) is 0 Å². The number of fused-ring (bicyclic) bond motifs is 1. The van der Waals surface area contributed by atoms with E-state index in [2.05, 4.69) is 5.32 Å². The van der Waals surface area contributed by atoms with Gasteiger partial charge in [-0.2, -0.15) is 0 Å². The zero-order valence-electron chi connectivity index (χ0n) is 12.8. The van der Waals surface area contributed by atoms with Crippen LogP contribution in [0.3, 0.4) is 0 Å². The molecule has 25 heavy (non-hydrogen) atoms. The third kappa shape index (κ3) is 2.97. The van der Waals surface area contributed by atoms with E-state index in [4.69, 9.17) is 0 Å². The summed E-state index contributed by atoms with van der Waals surface area (Å²) in [5, 5.41) is 13.5. The van der Waals surface area contributed by atoms with Crippen molar-refractivity contribution in [3.63, 3.8) is 0 Å². The second kappa shape index (κ2) is 6.24. The fourth-order valence-corrected chi connectivity index (χ4v) is 3.02. The SMILES string of the molecule is CN1C(=O)c2ccc(NC(=O)c3cc([N+](=O)[O-])ccc3I)cc2C1=O. The van der Waals surface area contributed by atoms with E-state index < -0.39 is 22.6 Å². The van der Waals surface area contributed by atoms with Crippen LogP contribution in [0.1, 0.15) is 31.1 Å². The van der Waals surface area contributed by atoms with Gasteiger partial charge in [0, 0.05) is 28.4 Å². The lowest BCUT2D eigenvalue weighted by atomic mass is 10.1. The second-order valence-corrected chi connectivity index (χ2v) is 6.47. The van der Waals surface area contributed by atoms with E-state index in [9.17, 15) is 24.5 Å². The fraction of sp³-hybridized carbons (Fsp3) is 0.0625. The van der Waals surface area contributed by atoms with E-state index in [1.54, 1.807) is 0 Å². The molecule has 1 heterocycles. The number of halogens is 1. The predicted octanol–water partition coefficient (Wildman–Crippen LogP) is 2.68. The van der Waals surface area contributed by atoms with Gasteiger partial charge >= 0.3 is 0 Å². The molecule has 8 nitrogen and oxygen atoms in total. The number of amides is 3. The van der Waals surface area contributed by atoms with Gasteiger partial charge in [0.25, 0.3) is 23.4 Å². The number of hydrogen-bond donors (Lipinski definition) is 1. The van der Waals surface area contributed by atoms with Crippen LogP contribution in [0.5, 0.6) is 0 Å². The van der Waals surface area contributed by atoms with Crippen molar-refractivity contribution in [2.24, 2.45) is 0 Å². The van der Waals surface area contributed by atoms with Crippen LogP contribution in [-0.2, 0) is 0 Å².